The lowest BCUT2D eigenvalue weighted by Crippen LogP contribution is -2.66. The van der Waals surface area contributed by atoms with Crippen molar-refractivity contribution in [3.63, 3.8) is 0 Å². The molecule has 3 aliphatic rings. The fourth-order valence-corrected chi connectivity index (χ4v) is 6.78. The Morgan fingerprint density at radius 1 is 0.979 bits per heavy atom. The highest BCUT2D eigenvalue weighted by Crippen LogP contribution is 2.52. The van der Waals surface area contributed by atoms with Gasteiger partial charge >= 0.3 is 6.16 Å². The van der Waals surface area contributed by atoms with E-state index >= 15 is 8.78 Å². The highest BCUT2D eigenvalue weighted by Gasteiger charge is 2.47. The fourth-order valence-electron chi connectivity index (χ4n) is 6.78. The lowest BCUT2D eigenvalue weighted by Gasteiger charge is -2.51. The number of benzene rings is 3. The van der Waals surface area contributed by atoms with Crippen LogP contribution < -0.4 is 15.2 Å². The Morgan fingerprint density at radius 2 is 1.79 bits per heavy atom. The number of carbonyl (C=O) groups is 2. The second kappa shape index (κ2) is 11.0. The van der Waals surface area contributed by atoms with Crippen LogP contribution in [0.15, 0.2) is 82.1 Å². The number of fused-ring (bicyclic) bond motifs is 9. The number of ether oxygens (including phenoxy) is 4. The molecule has 3 aromatic carbocycles. The van der Waals surface area contributed by atoms with Gasteiger partial charge in [-0.05, 0) is 23.3 Å². The zero-order valence-electron chi connectivity index (χ0n) is 24.8. The van der Waals surface area contributed by atoms with Crippen molar-refractivity contribution in [2.24, 2.45) is 0 Å². The minimum absolute atomic E-state index is 0.0110. The van der Waals surface area contributed by atoms with Crippen LogP contribution in [-0.2, 0) is 14.2 Å². The third-order valence-corrected chi connectivity index (χ3v) is 8.73. The maximum absolute atomic E-state index is 16.3. The maximum atomic E-state index is 16.3. The van der Waals surface area contributed by atoms with Gasteiger partial charge in [0.25, 0.3) is 5.91 Å². The molecule has 47 heavy (non-hydrogen) atoms. The molecular weight excluding hydrogens is 616 g/mol. The average Bonchev–Trinajstić information content (AvgIpc) is 3.42. The molecule has 0 N–H and O–H groups in total. The van der Waals surface area contributed by atoms with Gasteiger partial charge in [0.05, 0.1) is 26.4 Å². The molecule has 2 aliphatic heterocycles. The summed E-state index contributed by atoms with van der Waals surface area (Å²) in [6, 6.07) is 17.5. The number of rotatable bonds is 4. The van der Waals surface area contributed by atoms with E-state index in [0.717, 1.165) is 13.2 Å². The van der Waals surface area contributed by atoms with E-state index in [0.29, 0.717) is 39.0 Å². The van der Waals surface area contributed by atoms with Crippen LogP contribution in [-0.4, -0.2) is 61.5 Å². The summed E-state index contributed by atoms with van der Waals surface area (Å²) in [7, 11) is 1.12. The number of pyridine rings is 1. The van der Waals surface area contributed by atoms with Gasteiger partial charge in [-0.15, -0.1) is 0 Å². The van der Waals surface area contributed by atoms with Crippen LogP contribution in [0.5, 0.6) is 5.75 Å². The molecule has 8 rings (SSSR count). The van der Waals surface area contributed by atoms with Crippen molar-refractivity contribution in [2.75, 3.05) is 38.7 Å². The summed E-state index contributed by atoms with van der Waals surface area (Å²) in [5.41, 5.74) is 1.83. The molecule has 1 aliphatic carbocycles. The predicted octanol–water partition coefficient (Wildman–Crippen LogP) is 5.18. The first-order valence-corrected chi connectivity index (χ1v) is 14.7. The molecular formula is C34H25F2N3O8. The summed E-state index contributed by atoms with van der Waals surface area (Å²) in [4.78, 5) is 40.4. The number of aromatic nitrogens is 1. The molecule has 1 fully saturated rings. The Balaban J connectivity index is 1.42. The first-order valence-electron chi connectivity index (χ1n) is 14.7. The monoisotopic (exact) mass is 641 g/mol. The summed E-state index contributed by atoms with van der Waals surface area (Å²) in [5.74, 6) is -2.61. The molecule has 1 saturated heterocycles. The van der Waals surface area contributed by atoms with E-state index in [1.807, 2.05) is 24.3 Å². The SMILES string of the molecule is COC(=O)OCOc1c2n(ccc1=O)N([C@@H]1c3ccccc3-c3oc4ccccc4c3-c3c1ccc(F)c3F)[C@@H]1COCCN1C2=O. The minimum atomic E-state index is -1.05. The number of hydrogen-bond donors (Lipinski definition) is 0. The molecule has 2 atom stereocenters. The lowest BCUT2D eigenvalue weighted by molar-refractivity contribution is -0.0208. The van der Waals surface area contributed by atoms with E-state index in [-0.39, 0.29) is 36.8 Å². The predicted molar refractivity (Wildman–Crippen MR) is 162 cm³/mol. The standard InChI is InChI=1S/C34H25F2N3O8/c1-43-34(42)46-17-45-32-23(40)12-13-38-30(32)33(41)37-14-15-44-16-25(37)39(38)29-18-6-2-3-7-19(18)31-27(20-8-4-5-9-24(20)47-31)26-21(29)10-11-22(35)28(26)36/h2-13,25,29H,14-17H2,1H3/t25-,29-/m1/s1. The maximum Gasteiger partial charge on any atom is 0.510 e. The Morgan fingerprint density at radius 3 is 2.64 bits per heavy atom. The first kappa shape index (κ1) is 28.8. The van der Waals surface area contributed by atoms with Gasteiger partial charge in [0.15, 0.2) is 17.3 Å². The topological polar surface area (TPSA) is 113 Å². The van der Waals surface area contributed by atoms with Gasteiger partial charge in [-0.2, -0.15) is 0 Å². The second-order valence-corrected chi connectivity index (χ2v) is 11.1. The first-order chi connectivity index (χ1) is 22.9. The van der Waals surface area contributed by atoms with Crippen LogP contribution in [0.1, 0.15) is 27.7 Å². The van der Waals surface area contributed by atoms with Gasteiger partial charge in [-0.1, -0.05) is 48.5 Å². The van der Waals surface area contributed by atoms with Gasteiger partial charge in [-0.25, -0.2) is 13.6 Å². The fraction of sp³-hybridized carbons (Fsp3) is 0.206. The normalized spacial score (nSPS) is 18.0. The van der Waals surface area contributed by atoms with Crippen molar-refractivity contribution < 1.29 is 41.7 Å². The van der Waals surface area contributed by atoms with Crippen LogP contribution in [0.25, 0.3) is 33.4 Å². The molecule has 0 spiro atoms. The average molecular weight is 642 g/mol. The molecule has 0 saturated carbocycles. The molecule has 0 bridgehead atoms. The van der Waals surface area contributed by atoms with Gasteiger partial charge < -0.3 is 28.3 Å². The van der Waals surface area contributed by atoms with Crippen molar-refractivity contribution in [3.05, 3.63) is 112 Å². The number of halogens is 2. The van der Waals surface area contributed by atoms with Crippen molar-refractivity contribution in [1.29, 1.82) is 0 Å². The summed E-state index contributed by atoms with van der Waals surface area (Å²) in [6.07, 6.45) is -0.359. The highest BCUT2D eigenvalue weighted by atomic mass is 19.2. The van der Waals surface area contributed by atoms with Gasteiger partial charge in [0.1, 0.15) is 17.5 Å². The van der Waals surface area contributed by atoms with Crippen molar-refractivity contribution >= 4 is 23.0 Å². The second-order valence-electron chi connectivity index (χ2n) is 11.1. The number of amides is 1. The van der Waals surface area contributed by atoms with E-state index in [4.69, 9.17) is 18.6 Å². The molecule has 11 nitrogen and oxygen atoms in total. The Hall–Kier alpha value is -5.69. The van der Waals surface area contributed by atoms with E-state index < -0.39 is 48.1 Å². The Bertz CT molecular complexity index is 2160. The summed E-state index contributed by atoms with van der Waals surface area (Å²) in [6.45, 7) is -0.229. The Labute approximate surface area is 265 Å². The van der Waals surface area contributed by atoms with Crippen LogP contribution >= 0.6 is 0 Å². The molecule has 238 valence electrons. The quantitative estimate of drug-likeness (QED) is 0.194. The molecule has 0 radical (unpaired) electrons. The van der Waals surface area contributed by atoms with Gasteiger partial charge in [-0.3, -0.25) is 19.3 Å². The molecule has 13 heteroatoms. The number of morpholine rings is 1. The van der Waals surface area contributed by atoms with Crippen LogP contribution in [0.4, 0.5) is 13.6 Å². The van der Waals surface area contributed by atoms with Gasteiger partial charge in [0.2, 0.25) is 18.0 Å². The zero-order chi connectivity index (χ0) is 32.4. The number of hydrogen-bond acceptors (Lipinski definition) is 9. The van der Waals surface area contributed by atoms with Crippen LogP contribution in [0, 0.1) is 11.6 Å². The highest BCUT2D eigenvalue weighted by molar-refractivity contribution is 6.04. The number of nitrogens with zero attached hydrogens (tertiary/aromatic N) is 3. The summed E-state index contributed by atoms with van der Waals surface area (Å²) in [5, 5.41) is 2.40. The third kappa shape index (κ3) is 4.30. The van der Waals surface area contributed by atoms with E-state index in [2.05, 4.69) is 4.74 Å². The van der Waals surface area contributed by atoms with Crippen molar-refractivity contribution in [1.82, 2.24) is 9.58 Å². The minimum Gasteiger partial charge on any atom is -0.455 e. The van der Waals surface area contributed by atoms with Crippen molar-refractivity contribution in [2.45, 2.75) is 12.2 Å². The molecule has 4 heterocycles. The van der Waals surface area contributed by atoms with E-state index in [1.165, 1.54) is 23.0 Å². The van der Waals surface area contributed by atoms with Crippen LogP contribution in [0.2, 0.25) is 0 Å². The number of furan rings is 1. The number of para-hydroxylation sites is 1. The van der Waals surface area contributed by atoms with E-state index in [9.17, 15) is 14.4 Å². The summed E-state index contributed by atoms with van der Waals surface area (Å²) < 4.78 is 60.1. The molecule has 5 aromatic rings. The summed E-state index contributed by atoms with van der Waals surface area (Å²) >= 11 is 0. The van der Waals surface area contributed by atoms with E-state index in [1.54, 1.807) is 34.2 Å². The van der Waals surface area contributed by atoms with Gasteiger partial charge in [0, 0.05) is 40.9 Å². The third-order valence-electron chi connectivity index (χ3n) is 8.73. The van der Waals surface area contributed by atoms with Crippen LogP contribution in [0.3, 0.4) is 0 Å². The van der Waals surface area contributed by atoms with Crippen molar-refractivity contribution in [3.8, 4) is 28.2 Å². The zero-order valence-corrected chi connectivity index (χ0v) is 24.8. The number of methoxy groups -OCH3 is 1. The molecule has 0 unspecified atom stereocenters. The largest absolute Gasteiger partial charge is 0.510 e. The smallest absolute Gasteiger partial charge is 0.455 e. The molecule has 1 amide bonds. The molecule has 2 aromatic heterocycles. The lowest BCUT2D eigenvalue weighted by atomic mass is 9.91. The number of carbonyl (C=O) groups excluding carboxylic acids is 2. The Kier molecular flexibility index (Phi) is 6.72.